The number of benzene rings is 2. The number of ether oxygens (including phenoxy) is 2. The van der Waals surface area contributed by atoms with Crippen molar-refractivity contribution in [2.24, 2.45) is 5.10 Å². The number of methoxy groups -OCH3 is 1. The lowest BCUT2D eigenvalue weighted by molar-refractivity contribution is 0.0955. The standard InChI is InChI=1S/C19H21ClN2O3/c1-4-9-25-18-16(20)10-14(11-17(18)24-3)12-21-22-19(23)15-7-5-13(2)6-8-15/h5-8,10-12H,4,9H2,1-3H3,(H,22,23)/b21-12-. The van der Waals surface area contributed by atoms with Gasteiger partial charge in [-0.05, 0) is 43.2 Å². The normalized spacial score (nSPS) is 10.7. The molecule has 0 fully saturated rings. The molecule has 0 unspecified atom stereocenters. The van der Waals surface area contributed by atoms with Crippen molar-refractivity contribution in [2.75, 3.05) is 13.7 Å². The molecule has 132 valence electrons. The lowest BCUT2D eigenvalue weighted by Gasteiger charge is -2.12. The van der Waals surface area contributed by atoms with E-state index in [0.29, 0.717) is 34.3 Å². The molecule has 0 bridgehead atoms. The van der Waals surface area contributed by atoms with E-state index in [-0.39, 0.29) is 5.91 Å². The maximum atomic E-state index is 12.0. The SMILES string of the molecule is CCCOc1c(Cl)cc(/C=N\NC(=O)c2ccc(C)cc2)cc1OC. The highest BCUT2D eigenvalue weighted by molar-refractivity contribution is 6.32. The van der Waals surface area contributed by atoms with Gasteiger partial charge in [0.1, 0.15) is 0 Å². The zero-order valence-corrected chi connectivity index (χ0v) is 15.3. The zero-order valence-electron chi connectivity index (χ0n) is 14.5. The van der Waals surface area contributed by atoms with Crippen molar-refractivity contribution in [3.05, 3.63) is 58.1 Å². The Morgan fingerprint density at radius 3 is 2.64 bits per heavy atom. The van der Waals surface area contributed by atoms with Crippen LogP contribution in [0.25, 0.3) is 0 Å². The number of nitrogens with zero attached hydrogens (tertiary/aromatic N) is 1. The summed E-state index contributed by atoms with van der Waals surface area (Å²) in [6.07, 6.45) is 2.37. The van der Waals surface area contributed by atoms with Crippen molar-refractivity contribution in [3.8, 4) is 11.5 Å². The smallest absolute Gasteiger partial charge is 0.271 e. The largest absolute Gasteiger partial charge is 0.493 e. The number of halogens is 1. The molecule has 0 aliphatic rings. The van der Waals surface area contributed by atoms with Crippen LogP contribution in [0.2, 0.25) is 5.02 Å². The summed E-state index contributed by atoms with van der Waals surface area (Å²) in [5.41, 5.74) is 4.81. The summed E-state index contributed by atoms with van der Waals surface area (Å²) in [5.74, 6) is 0.747. The van der Waals surface area contributed by atoms with Gasteiger partial charge in [-0.25, -0.2) is 5.43 Å². The highest BCUT2D eigenvalue weighted by Gasteiger charge is 2.11. The maximum absolute atomic E-state index is 12.0. The molecule has 0 aromatic heterocycles. The molecule has 0 atom stereocenters. The van der Waals surface area contributed by atoms with E-state index in [2.05, 4.69) is 10.5 Å². The number of amides is 1. The fraction of sp³-hybridized carbons (Fsp3) is 0.263. The van der Waals surface area contributed by atoms with Gasteiger partial charge in [0.25, 0.3) is 5.91 Å². The molecular weight excluding hydrogens is 340 g/mol. The van der Waals surface area contributed by atoms with E-state index in [0.717, 1.165) is 12.0 Å². The quantitative estimate of drug-likeness (QED) is 0.594. The van der Waals surface area contributed by atoms with E-state index >= 15 is 0 Å². The van der Waals surface area contributed by atoms with Gasteiger partial charge in [0.15, 0.2) is 11.5 Å². The van der Waals surface area contributed by atoms with Gasteiger partial charge < -0.3 is 9.47 Å². The number of rotatable bonds is 7. The molecule has 25 heavy (non-hydrogen) atoms. The maximum Gasteiger partial charge on any atom is 0.271 e. The molecule has 0 aliphatic carbocycles. The summed E-state index contributed by atoms with van der Waals surface area (Å²) in [6, 6.07) is 10.7. The molecule has 0 spiro atoms. The monoisotopic (exact) mass is 360 g/mol. The zero-order chi connectivity index (χ0) is 18.2. The Kier molecular flexibility index (Phi) is 6.83. The minimum atomic E-state index is -0.280. The number of carbonyl (C=O) groups excluding carboxylic acids is 1. The Bertz CT molecular complexity index is 758. The number of nitrogens with one attached hydrogen (secondary N) is 1. The van der Waals surface area contributed by atoms with Gasteiger partial charge in [0.2, 0.25) is 0 Å². The van der Waals surface area contributed by atoms with Crippen LogP contribution >= 0.6 is 11.6 Å². The van der Waals surface area contributed by atoms with Crippen LogP contribution in [-0.2, 0) is 0 Å². The molecule has 1 amide bonds. The van der Waals surface area contributed by atoms with E-state index < -0.39 is 0 Å². The molecule has 1 N–H and O–H groups in total. The Hall–Kier alpha value is -2.53. The van der Waals surface area contributed by atoms with E-state index in [4.69, 9.17) is 21.1 Å². The molecule has 6 heteroatoms. The third-order valence-corrected chi connectivity index (χ3v) is 3.68. The van der Waals surface area contributed by atoms with Gasteiger partial charge in [-0.1, -0.05) is 36.2 Å². The van der Waals surface area contributed by atoms with Crippen LogP contribution in [0.4, 0.5) is 0 Å². The second-order valence-corrected chi connectivity index (χ2v) is 5.85. The summed E-state index contributed by atoms with van der Waals surface area (Å²) in [5, 5.41) is 4.40. The van der Waals surface area contributed by atoms with Gasteiger partial charge in [-0.15, -0.1) is 0 Å². The fourth-order valence-electron chi connectivity index (χ4n) is 2.09. The second-order valence-electron chi connectivity index (χ2n) is 5.45. The fourth-order valence-corrected chi connectivity index (χ4v) is 2.37. The Balaban J connectivity index is 2.08. The van der Waals surface area contributed by atoms with Crippen molar-refractivity contribution in [1.82, 2.24) is 5.43 Å². The molecule has 2 rings (SSSR count). The summed E-state index contributed by atoms with van der Waals surface area (Å²) in [4.78, 5) is 12.0. The number of hydrazone groups is 1. The lowest BCUT2D eigenvalue weighted by Crippen LogP contribution is -2.17. The summed E-state index contributed by atoms with van der Waals surface area (Å²) in [6.45, 7) is 4.53. The van der Waals surface area contributed by atoms with Crippen LogP contribution in [0.3, 0.4) is 0 Å². The van der Waals surface area contributed by atoms with Gasteiger partial charge in [-0.2, -0.15) is 5.10 Å². The third-order valence-electron chi connectivity index (χ3n) is 3.40. The van der Waals surface area contributed by atoms with Crippen molar-refractivity contribution in [3.63, 3.8) is 0 Å². The summed E-state index contributed by atoms with van der Waals surface area (Å²) >= 11 is 6.25. The van der Waals surface area contributed by atoms with E-state index in [9.17, 15) is 4.79 Å². The number of carbonyl (C=O) groups is 1. The third kappa shape index (κ3) is 5.22. The molecule has 0 aliphatic heterocycles. The van der Waals surface area contributed by atoms with Gasteiger partial charge in [0, 0.05) is 5.56 Å². The highest BCUT2D eigenvalue weighted by atomic mass is 35.5. The predicted molar refractivity (Wildman–Crippen MR) is 100 cm³/mol. The van der Waals surface area contributed by atoms with E-state index in [1.165, 1.54) is 6.21 Å². The Labute approximate surface area is 152 Å². The van der Waals surface area contributed by atoms with Crippen molar-refractivity contribution in [2.45, 2.75) is 20.3 Å². The first kappa shape index (κ1) is 18.8. The van der Waals surface area contributed by atoms with Gasteiger partial charge >= 0.3 is 0 Å². The van der Waals surface area contributed by atoms with Crippen molar-refractivity contribution >= 4 is 23.7 Å². The first-order chi connectivity index (χ1) is 12.0. The summed E-state index contributed by atoms with van der Waals surface area (Å²) in [7, 11) is 1.55. The average Bonchev–Trinajstić information content (AvgIpc) is 2.61. The molecule has 5 nitrogen and oxygen atoms in total. The number of hydrogen-bond acceptors (Lipinski definition) is 4. The second kappa shape index (κ2) is 9.08. The van der Waals surface area contributed by atoms with Crippen molar-refractivity contribution < 1.29 is 14.3 Å². The average molecular weight is 361 g/mol. The molecule has 0 saturated carbocycles. The molecule has 0 heterocycles. The summed E-state index contributed by atoms with van der Waals surface area (Å²) < 4.78 is 10.9. The molecule has 0 radical (unpaired) electrons. The van der Waals surface area contributed by atoms with Crippen LogP contribution in [0.15, 0.2) is 41.5 Å². The first-order valence-electron chi connectivity index (χ1n) is 7.95. The number of aryl methyl sites for hydroxylation is 1. The predicted octanol–water partition coefficient (Wildman–Crippen LogP) is 4.21. The number of hydrogen-bond donors (Lipinski definition) is 1. The van der Waals surface area contributed by atoms with Crippen LogP contribution in [0.5, 0.6) is 11.5 Å². The van der Waals surface area contributed by atoms with Crippen LogP contribution < -0.4 is 14.9 Å². The van der Waals surface area contributed by atoms with E-state index in [1.807, 2.05) is 26.0 Å². The molecule has 2 aromatic carbocycles. The topological polar surface area (TPSA) is 59.9 Å². The lowest BCUT2D eigenvalue weighted by atomic mass is 10.1. The minimum Gasteiger partial charge on any atom is -0.493 e. The van der Waals surface area contributed by atoms with Crippen LogP contribution in [-0.4, -0.2) is 25.8 Å². The van der Waals surface area contributed by atoms with Crippen molar-refractivity contribution in [1.29, 1.82) is 0 Å². The molecular formula is C19H21ClN2O3. The minimum absolute atomic E-state index is 0.280. The Morgan fingerprint density at radius 1 is 1.28 bits per heavy atom. The first-order valence-corrected chi connectivity index (χ1v) is 8.33. The van der Waals surface area contributed by atoms with Crippen LogP contribution in [0.1, 0.15) is 34.8 Å². The Morgan fingerprint density at radius 2 is 2.00 bits per heavy atom. The highest BCUT2D eigenvalue weighted by Crippen LogP contribution is 2.36. The van der Waals surface area contributed by atoms with Gasteiger partial charge in [-0.3, -0.25) is 4.79 Å². The van der Waals surface area contributed by atoms with Gasteiger partial charge in [0.05, 0.1) is 25.0 Å². The van der Waals surface area contributed by atoms with E-state index in [1.54, 1.807) is 31.4 Å². The molecule has 0 saturated heterocycles. The molecule has 2 aromatic rings. The van der Waals surface area contributed by atoms with Crippen LogP contribution in [0, 0.1) is 6.92 Å².